The third kappa shape index (κ3) is 2.74. The van der Waals surface area contributed by atoms with Crippen molar-refractivity contribution in [1.29, 1.82) is 0 Å². The summed E-state index contributed by atoms with van der Waals surface area (Å²) in [5, 5.41) is 0. The number of hydrogen-bond donors (Lipinski definition) is 1. The van der Waals surface area contributed by atoms with Gasteiger partial charge in [0, 0.05) is 20.8 Å². The van der Waals surface area contributed by atoms with E-state index in [9.17, 15) is 0 Å². The lowest BCUT2D eigenvalue weighted by atomic mass is 10.6. The standard InChI is InChI=1S/C7H18O3SSi/c1-5-7(11)12(8-3,9-4)10-6-2/h7,11H,5-6H2,1-4H3. The normalized spacial score (nSPS) is 14.8. The first-order valence-electron chi connectivity index (χ1n) is 4.09. The number of rotatable bonds is 6. The lowest BCUT2D eigenvalue weighted by molar-refractivity contribution is 0.102. The smallest absolute Gasteiger partial charge is 0.376 e. The Morgan fingerprint density at radius 1 is 1.25 bits per heavy atom. The zero-order chi connectivity index (χ0) is 9.61. The first kappa shape index (κ1) is 12.4. The fourth-order valence-corrected chi connectivity index (χ4v) is 3.92. The van der Waals surface area contributed by atoms with E-state index in [0.29, 0.717) is 6.61 Å². The van der Waals surface area contributed by atoms with Gasteiger partial charge in [-0.15, -0.1) is 0 Å². The van der Waals surface area contributed by atoms with Gasteiger partial charge in [-0.1, -0.05) is 6.92 Å². The molecule has 0 amide bonds. The third-order valence-electron chi connectivity index (χ3n) is 1.71. The molecule has 0 aliphatic carbocycles. The molecule has 12 heavy (non-hydrogen) atoms. The topological polar surface area (TPSA) is 27.7 Å². The minimum absolute atomic E-state index is 0.0625. The minimum Gasteiger partial charge on any atom is -0.376 e. The summed E-state index contributed by atoms with van der Waals surface area (Å²) in [5.41, 5.74) is 0. The molecule has 0 saturated heterocycles. The fourth-order valence-electron chi connectivity index (χ4n) is 1.02. The predicted molar refractivity (Wildman–Crippen MR) is 54.5 cm³/mol. The van der Waals surface area contributed by atoms with E-state index in [0.717, 1.165) is 6.42 Å². The number of hydrogen-bond acceptors (Lipinski definition) is 4. The molecular formula is C7H18O3SSi. The molecule has 0 fully saturated rings. The summed E-state index contributed by atoms with van der Waals surface area (Å²) in [7, 11) is 0.748. The number of thiol groups is 1. The molecule has 0 aromatic rings. The first-order valence-corrected chi connectivity index (χ1v) is 6.41. The fraction of sp³-hybridized carbons (Fsp3) is 1.00. The second kappa shape index (κ2) is 5.99. The van der Waals surface area contributed by atoms with Crippen LogP contribution in [0.5, 0.6) is 0 Å². The molecule has 1 atom stereocenters. The van der Waals surface area contributed by atoms with E-state index in [4.69, 9.17) is 13.3 Å². The molecule has 5 heteroatoms. The lowest BCUT2D eigenvalue weighted by Crippen LogP contribution is -2.52. The second-order valence-electron chi connectivity index (χ2n) is 2.37. The van der Waals surface area contributed by atoms with Crippen LogP contribution in [-0.2, 0) is 13.3 Å². The summed E-state index contributed by atoms with van der Waals surface area (Å²) in [4.78, 5) is 0.0625. The average molecular weight is 210 g/mol. The van der Waals surface area contributed by atoms with Crippen molar-refractivity contribution in [2.45, 2.75) is 25.1 Å². The summed E-state index contributed by atoms with van der Waals surface area (Å²) in [6, 6.07) is 0. The van der Waals surface area contributed by atoms with E-state index < -0.39 is 8.80 Å². The highest BCUT2D eigenvalue weighted by Crippen LogP contribution is 2.20. The maximum absolute atomic E-state index is 5.50. The van der Waals surface area contributed by atoms with E-state index >= 15 is 0 Å². The van der Waals surface area contributed by atoms with Crippen molar-refractivity contribution in [3.63, 3.8) is 0 Å². The maximum Gasteiger partial charge on any atom is 0.513 e. The Balaban J connectivity index is 4.33. The average Bonchev–Trinajstić information content (AvgIpc) is 2.13. The van der Waals surface area contributed by atoms with Gasteiger partial charge < -0.3 is 13.3 Å². The second-order valence-corrected chi connectivity index (χ2v) is 6.49. The molecule has 0 aliphatic rings. The van der Waals surface area contributed by atoms with Crippen molar-refractivity contribution >= 4 is 21.4 Å². The minimum atomic E-state index is -2.48. The Kier molecular flexibility index (Phi) is 6.21. The van der Waals surface area contributed by atoms with Crippen LogP contribution >= 0.6 is 12.6 Å². The van der Waals surface area contributed by atoms with Gasteiger partial charge in [0.25, 0.3) is 0 Å². The van der Waals surface area contributed by atoms with Gasteiger partial charge in [0.2, 0.25) is 0 Å². The summed E-state index contributed by atoms with van der Waals surface area (Å²) in [6.45, 7) is 4.57. The molecule has 0 aromatic heterocycles. The van der Waals surface area contributed by atoms with Gasteiger partial charge in [-0.25, -0.2) is 0 Å². The monoisotopic (exact) mass is 210 g/mol. The van der Waals surface area contributed by atoms with Crippen LogP contribution in [0.4, 0.5) is 0 Å². The van der Waals surface area contributed by atoms with Gasteiger partial charge in [-0.05, 0) is 13.3 Å². The molecule has 0 bridgehead atoms. The van der Waals surface area contributed by atoms with E-state index in [1.807, 2.05) is 13.8 Å². The molecule has 0 saturated carbocycles. The summed E-state index contributed by atoms with van der Waals surface area (Å²) in [5.74, 6) is 0. The zero-order valence-corrected chi connectivity index (χ0v) is 10.1. The lowest BCUT2D eigenvalue weighted by Gasteiger charge is -2.29. The van der Waals surface area contributed by atoms with Crippen LogP contribution in [0.3, 0.4) is 0 Å². The van der Waals surface area contributed by atoms with E-state index in [2.05, 4.69) is 12.6 Å². The van der Waals surface area contributed by atoms with Gasteiger partial charge in [0.05, 0.1) is 4.87 Å². The maximum atomic E-state index is 5.50. The Hall–Kier alpha value is 0.447. The van der Waals surface area contributed by atoms with Crippen LogP contribution in [-0.4, -0.2) is 34.5 Å². The summed E-state index contributed by atoms with van der Waals surface area (Å²) < 4.78 is 16.1. The van der Waals surface area contributed by atoms with Crippen molar-refractivity contribution in [2.75, 3.05) is 20.8 Å². The van der Waals surface area contributed by atoms with Crippen LogP contribution in [0.1, 0.15) is 20.3 Å². The molecule has 0 N–H and O–H groups in total. The van der Waals surface area contributed by atoms with Crippen molar-refractivity contribution < 1.29 is 13.3 Å². The van der Waals surface area contributed by atoms with Crippen LogP contribution in [0, 0.1) is 0 Å². The Labute approximate surface area is 81.2 Å². The molecular weight excluding hydrogens is 192 g/mol. The molecule has 74 valence electrons. The molecule has 3 nitrogen and oxygen atoms in total. The largest absolute Gasteiger partial charge is 0.513 e. The van der Waals surface area contributed by atoms with Gasteiger partial charge in [-0.3, -0.25) is 0 Å². The summed E-state index contributed by atoms with van der Waals surface area (Å²) in [6.07, 6.45) is 0.886. The molecule has 0 spiro atoms. The van der Waals surface area contributed by atoms with E-state index in [-0.39, 0.29) is 4.87 Å². The van der Waals surface area contributed by atoms with Crippen LogP contribution < -0.4 is 0 Å². The van der Waals surface area contributed by atoms with Crippen molar-refractivity contribution in [2.24, 2.45) is 0 Å². The van der Waals surface area contributed by atoms with E-state index in [1.54, 1.807) is 14.2 Å². The highest BCUT2D eigenvalue weighted by atomic mass is 32.1. The molecule has 0 radical (unpaired) electrons. The highest BCUT2D eigenvalue weighted by molar-refractivity contribution is 7.83. The Bertz CT molecular complexity index is 119. The van der Waals surface area contributed by atoms with Crippen molar-refractivity contribution in [3.05, 3.63) is 0 Å². The Morgan fingerprint density at radius 3 is 2.00 bits per heavy atom. The SMILES string of the molecule is CCO[Si](OC)(OC)C(S)CC. The first-order chi connectivity index (χ1) is 5.66. The van der Waals surface area contributed by atoms with Crippen LogP contribution in [0.25, 0.3) is 0 Å². The Morgan fingerprint density at radius 2 is 1.75 bits per heavy atom. The van der Waals surface area contributed by atoms with Crippen LogP contribution in [0.2, 0.25) is 0 Å². The van der Waals surface area contributed by atoms with Crippen molar-refractivity contribution in [3.8, 4) is 0 Å². The van der Waals surface area contributed by atoms with E-state index in [1.165, 1.54) is 0 Å². The highest BCUT2D eigenvalue weighted by Gasteiger charge is 2.45. The predicted octanol–water partition coefficient (Wildman–Crippen LogP) is 1.50. The summed E-state index contributed by atoms with van der Waals surface area (Å²) >= 11 is 4.39. The molecule has 0 aromatic carbocycles. The van der Waals surface area contributed by atoms with Crippen molar-refractivity contribution in [1.82, 2.24) is 0 Å². The van der Waals surface area contributed by atoms with Crippen LogP contribution in [0.15, 0.2) is 0 Å². The third-order valence-corrected chi connectivity index (χ3v) is 6.08. The van der Waals surface area contributed by atoms with Gasteiger partial charge in [0.15, 0.2) is 0 Å². The molecule has 0 aliphatic heterocycles. The molecule has 0 heterocycles. The van der Waals surface area contributed by atoms with Gasteiger partial charge in [-0.2, -0.15) is 12.6 Å². The molecule has 1 unspecified atom stereocenters. The zero-order valence-electron chi connectivity index (χ0n) is 8.16. The molecule has 0 rings (SSSR count). The van der Waals surface area contributed by atoms with Gasteiger partial charge >= 0.3 is 8.80 Å². The van der Waals surface area contributed by atoms with Gasteiger partial charge in [0.1, 0.15) is 0 Å². The quantitative estimate of drug-likeness (QED) is 0.532.